The quantitative estimate of drug-likeness (QED) is 0.123. The molecule has 4 heterocycles. The standard InChI is InChI=1S/C31H19NO2SeTe/c1-31(2)23-8-5-7-19-18-6-3-4-9-25(18)32(27(19)23)30-24(31)14-17(36-30)13-22-28(33)20-12-16-10-11-35-26(16)15-21(20)29(22)34/h3-15H,1-2H3/b22-13-. The minimum atomic E-state index is -0.802. The first-order chi connectivity index (χ1) is 17.4. The molecule has 6 aromatic rings. The van der Waals surface area contributed by atoms with E-state index in [2.05, 4.69) is 78.0 Å². The van der Waals surface area contributed by atoms with Crippen LogP contribution in [0.3, 0.4) is 0 Å². The zero-order chi connectivity index (χ0) is 24.3. The van der Waals surface area contributed by atoms with Crippen LogP contribution >= 0.6 is 0 Å². The molecule has 0 bridgehead atoms. The van der Waals surface area contributed by atoms with Crippen LogP contribution in [-0.2, 0) is 5.41 Å². The topological polar surface area (TPSA) is 39.1 Å². The van der Waals surface area contributed by atoms with Crippen molar-refractivity contribution in [2.45, 2.75) is 19.3 Å². The van der Waals surface area contributed by atoms with E-state index in [-0.39, 0.29) is 31.5 Å². The van der Waals surface area contributed by atoms with Crippen LogP contribution in [-0.4, -0.2) is 51.1 Å². The van der Waals surface area contributed by atoms with Crippen molar-refractivity contribution >= 4 is 84.0 Å². The SMILES string of the molecule is CC1(C)c2cc(/C=C3/C(=O)c4cc5cc[se]c5cc4C3=O)[te]c2-n2c3ccccc3c3cccc1c32. The van der Waals surface area contributed by atoms with Gasteiger partial charge in [0.25, 0.3) is 0 Å². The number of carbonyl (C=O) groups is 2. The molecule has 1 aliphatic carbocycles. The Bertz CT molecular complexity index is 1960. The van der Waals surface area contributed by atoms with Gasteiger partial charge in [-0.2, -0.15) is 0 Å². The van der Waals surface area contributed by atoms with Gasteiger partial charge in [-0.25, -0.2) is 0 Å². The average molecular weight is 644 g/mol. The molecule has 0 fully saturated rings. The number of ketones is 2. The van der Waals surface area contributed by atoms with E-state index in [1.165, 1.54) is 40.9 Å². The summed E-state index contributed by atoms with van der Waals surface area (Å²) in [5, 5.41) is 3.66. The molecule has 36 heavy (non-hydrogen) atoms. The molecule has 2 aliphatic rings. The summed E-state index contributed by atoms with van der Waals surface area (Å²) in [6, 6.07) is 23.5. The van der Waals surface area contributed by atoms with Crippen molar-refractivity contribution < 1.29 is 9.59 Å². The van der Waals surface area contributed by atoms with E-state index in [0.29, 0.717) is 16.7 Å². The second kappa shape index (κ2) is 7.09. The molecule has 0 spiro atoms. The molecule has 1 aliphatic heterocycles. The van der Waals surface area contributed by atoms with Crippen LogP contribution in [0.25, 0.3) is 41.2 Å². The summed E-state index contributed by atoms with van der Waals surface area (Å²) in [6.45, 7) is 4.60. The number of hydrogen-bond donors (Lipinski definition) is 0. The summed E-state index contributed by atoms with van der Waals surface area (Å²) in [5.74, 6) is -0.240. The van der Waals surface area contributed by atoms with E-state index >= 15 is 0 Å². The second-order valence-corrected chi connectivity index (χ2v) is 15.1. The Morgan fingerprint density at radius 2 is 1.64 bits per heavy atom. The number of carbonyl (C=O) groups excluding carboxylic acids is 2. The monoisotopic (exact) mass is 647 g/mol. The number of aromatic nitrogens is 1. The van der Waals surface area contributed by atoms with E-state index in [4.69, 9.17) is 0 Å². The summed E-state index contributed by atoms with van der Waals surface area (Å²) >= 11 is -0.557. The van der Waals surface area contributed by atoms with Crippen LogP contribution in [0.1, 0.15) is 49.3 Å². The molecule has 0 saturated heterocycles. The summed E-state index contributed by atoms with van der Waals surface area (Å²) in [6.07, 6.45) is 1.92. The van der Waals surface area contributed by atoms with Gasteiger partial charge in [-0.05, 0) is 0 Å². The first-order valence-corrected chi connectivity index (χ1v) is 16.1. The molecule has 0 amide bonds. The summed E-state index contributed by atoms with van der Waals surface area (Å²) in [7, 11) is 0. The molecular formula is C31H19NO2SeTe. The molecule has 0 saturated carbocycles. The number of Topliss-reactive ketones (excluding diaryl/α,β-unsaturated/α-hetero) is 2. The third-order valence-electron chi connectivity index (χ3n) is 7.83. The number of rotatable bonds is 1. The van der Waals surface area contributed by atoms with E-state index in [0.717, 1.165) is 8.97 Å². The van der Waals surface area contributed by atoms with Crippen molar-refractivity contribution in [2.24, 2.45) is 0 Å². The maximum atomic E-state index is 13.4. The Morgan fingerprint density at radius 3 is 2.50 bits per heavy atom. The zero-order valence-electron chi connectivity index (χ0n) is 19.6. The summed E-state index contributed by atoms with van der Waals surface area (Å²) in [4.78, 5) is 28.9. The van der Waals surface area contributed by atoms with Crippen LogP contribution < -0.4 is 0 Å². The number of para-hydroxylation sites is 2. The van der Waals surface area contributed by atoms with E-state index in [1.54, 1.807) is 0 Å². The average Bonchev–Trinajstić information content (AvgIpc) is 3.63. The Kier molecular flexibility index (Phi) is 4.17. The third-order valence-corrected chi connectivity index (χ3v) is 12.7. The molecule has 5 heteroatoms. The van der Waals surface area contributed by atoms with Crippen molar-refractivity contribution in [3.8, 4) is 3.70 Å². The van der Waals surface area contributed by atoms with Crippen molar-refractivity contribution in [1.29, 1.82) is 0 Å². The predicted octanol–water partition coefficient (Wildman–Crippen LogP) is 6.15. The van der Waals surface area contributed by atoms with E-state index in [9.17, 15) is 9.59 Å². The van der Waals surface area contributed by atoms with Gasteiger partial charge in [0.1, 0.15) is 0 Å². The van der Waals surface area contributed by atoms with Crippen molar-refractivity contribution in [1.82, 2.24) is 4.57 Å². The van der Waals surface area contributed by atoms with E-state index < -0.39 is 20.4 Å². The molecule has 0 radical (unpaired) electrons. The van der Waals surface area contributed by atoms with Gasteiger partial charge in [0.2, 0.25) is 0 Å². The molecular weight excluding hydrogens is 625 g/mol. The third kappa shape index (κ3) is 2.59. The van der Waals surface area contributed by atoms with Crippen molar-refractivity contribution in [2.75, 3.05) is 0 Å². The number of nitrogens with zero attached hydrogens (tertiary/aromatic N) is 1. The molecule has 3 aromatic heterocycles. The van der Waals surface area contributed by atoms with Gasteiger partial charge in [0, 0.05) is 0 Å². The van der Waals surface area contributed by atoms with E-state index in [1.807, 2.05) is 18.2 Å². The summed E-state index contributed by atoms with van der Waals surface area (Å²) in [5.41, 5.74) is 6.52. The van der Waals surface area contributed by atoms with Gasteiger partial charge < -0.3 is 0 Å². The fourth-order valence-electron chi connectivity index (χ4n) is 6.02. The fourth-order valence-corrected chi connectivity index (χ4v) is 11.4. The van der Waals surface area contributed by atoms with Gasteiger partial charge in [0.15, 0.2) is 0 Å². The van der Waals surface area contributed by atoms with Crippen molar-refractivity contribution in [3.63, 3.8) is 0 Å². The number of fused-ring (bicyclic) bond motifs is 7. The summed E-state index contributed by atoms with van der Waals surface area (Å²) < 4.78 is 6.19. The Balaban J connectivity index is 1.35. The molecule has 0 N–H and O–H groups in total. The molecule has 0 unspecified atom stereocenters. The zero-order valence-corrected chi connectivity index (χ0v) is 23.6. The molecule has 3 nitrogen and oxygen atoms in total. The Hall–Kier alpha value is -2.93. The second-order valence-electron chi connectivity index (χ2n) is 10.1. The number of hydrogen-bond acceptors (Lipinski definition) is 2. The Morgan fingerprint density at radius 1 is 0.861 bits per heavy atom. The molecule has 0 atom stereocenters. The van der Waals surface area contributed by atoms with Crippen LogP contribution in [0.2, 0.25) is 0 Å². The normalized spacial score (nSPS) is 17.0. The van der Waals surface area contributed by atoms with Crippen molar-refractivity contribution in [3.05, 3.63) is 103 Å². The maximum absolute atomic E-state index is 13.4. The first kappa shape index (κ1) is 21.2. The molecule has 172 valence electrons. The predicted molar refractivity (Wildman–Crippen MR) is 147 cm³/mol. The first-order valence-electron chi connectivity index (χ1n) is 11.9. The number of allylic oxidation sites excluding steroid dienone is 1. The van der Waals surface area contributed by atoms with Gasteiger partial charge in [-0.15, -0.1) is 0 Å². The van der Waals surface area contributed by atoms with Crippen LogP contribution in [0.4, 0.5) is 0 Å². The van der Waals surface area contributed by atoms with Gasteiger partial charge in [0.05, 0.1) is 0 Å². The molecule has 8 rings (SSSR count). The Labute approximate surface area is 223 Å². The van der Waals surface area contributed by atoms with Crippen LogP contribution in [0, 0.1) is 0 Å². The van der Waals surface area contributed by atoms with Gasteiger partial charge >= 0.3 is 224 Å². The fraction of sp³-hybridized carbons (Fsp3) is 0.0968. The van der Waals surface area contributed by atoms with Crippen LogP contribution in [0.15, 0.2) is 77.2 Å². The van der Waals surface area contributed by atoms with Gasteiger partial charge in [-0.3, -0.25) is 0 Å². The molecule has 3 aromatic carbocycles. The number of benzene rings is 3. The van der Waals surface area contributed by atoms with Crippen LogP contribution in [0.5, 0.6) is 0 Å². The van der Waals surface area contributed by atoms with Gasteiger partial charge in [-0.1, -0.05) is 0 Å². The minimum absolute atomic E-state index is 0.116.